The largest absolute Gasteiger partial charge is 0.488 e. The molecule has 1 aromatic heterocycles. The van der Waals surface area contributed by atoms with E-state index >= 15 is 0 Å². The van der Waals surface area contributed by atoms with E-state index in [1.54, 1.807) is 6.20 Å². The molecule has 3 aliphatic rings. The molecule has 3 N–H and O–H groups in total. The van der Waals surface area contributed by atoms with Crippen LogP contribution in [0.1, 0.15) is 30.5 Å². The second kappa shape index (κ2) is 7.83. The first kappa shape index (κ1) is 20.0. The number of guanidine groups is 1. The van der Waals surface area contributed by atoms with Crippen LogP contribution in [0.25, 0.3) is 5.57 Å². The van der Waals surface area contributed by atoms with E-state index in [1.165, 1.54) is 10.6 Å². The number of hydrogen-bond acceptors (Lipinski definition) is 6. The van der Waals surface area contributed by atoms with Gasteiger partial charge in [-0.1, -0.05) is 11.2 Å². The normalized spacial score (nSPS) is 24.2. The number of aromatic nitrogens is 1. The lowest BCUT2D eigenvalue weighted by Gasteiger charge is -2.34. The van der Waals surface area contributed by atoms with Crippen molar-refractivity contribution >= 4 is 21.6 Å². The second-order valence-corrected chi connectivity index (χ2v) is 9.90. The molecule has 9 nitrogen and oxygen atoms in total. The van der Waals surface area contributed by atoms with Crippen molar-refractivity contribution in [2.75, 3.05) is 32.4 Å². The van der Waals surface area contributed by atoms with Gasteiger partial charge in [0.1, 0.15) is 11.9 Å². The maximum Gasteiger partial charge on any atom is 0.233 e. The van der Waals surface area contributed by atoms with E-state index in [0.717, 1.165) is 54.9 Å². The predicted octanol–water partition coefficient (Wildman–Crippen LogP) is 0.850. The molecule has 0 bridgehead atoms. The minimum absolute atomic E-state index is 0.123. The van der Waals surface area contributed by atoms with Gasteiger partial charge >= 0.3 is 0 Å². The van der Waals surface area contributed by atoms with Crippen LogP contribution in [0.2, 0.25) is 0 Å². The zero-order valence-electron chi connectivity index (χ0n) is 16.5. The molecular weight excluding hydrogens is 394 g/mol. The molecule has 0 saturated carbocycles. The lowest BCUT2D eigenvalue weighted by Crippen LogP contribution is -2.45. The Bertz CT molecular complexity index is 938. The fourth-order valence-electron chi connectivity index (χ4n) is 4.36. The Morgan fingerprint density at radius 1 is 1.34 bits per heavy atom. The molecule has 0 spiro atoms. The van der Waals surface area contributed by atoms with Crippen molar-refractivity contribution in [1.82, 2.24) is 14.2 Å². The minimum atomic E-state index is -3.16. The lowest BCUT2D eigenvalue weighted by molar-refractivity contribution is 0.111. The Morgan fingerprint density at radius 3 is 2.72 bits per heavy atom. The molecule has 1 aromatic rings. The quantitative estimate of drug-likeness (QED) is 0.321. The van der Waals surface area contributed by atoms with Gasteiger partial charge < -0.3 is 20.6 Å². The smallest absolute Gasteiger partial charge is 0.233 e. The van der Waals surface area contributed by atoms with Crippen LogP contribution in [0.4, 0.5) is 0 Å². The summed E-state index contributed by atoms with van der Waals surface area (Å²) in [5.41, 5.74) is 8.83. The Morgan fingerprint density at radius 2 is 2.10 bits per heavy atom. The lowest BCUT2D eigenvalue weighted by atomic mass is 9.89. The van der Waals surface area contributed by atoms with Crippen molar-refractivity contribution in [3.05, 3.63) is 29.6 Å². The fraction of sp³-hybridized carbons (Fsp3) is 0.579. The summed E-state index contributed by atoms with van der Waals surface area (Å²) in [5.74, 6) is 1.43. The maximum atomic E-state index is 11.7. The van der Waals surface area contributed by atoms with Gasteiger partial charge in [-0.3, -0.25) is 4.98 Å². The minimum Gasteiger partial charge on any atom is -0.488 e. The number of pyridine rings is 1. The summed E-state index contributed by atoms with van der Waals surface area (Å²) < 4.78 is 31.0. The Hall–Kier alpha value is -2.33. The number of fused-ring (bicyclic) bond motifs is 1. The molecular formula is C19H27N5O4S. The van der Waals surface area contributed by atoms with Crippen LogP contribution in [0.5, 0.6) is 5.75 Å². The molecule has 1 saturated heterocycles. The molecule has 29 heavy (non-hydrogen) atoms. The average Bonchev–Trinajstić information content (AvgIpc) is 3.16. The van der Waals surface area contributed by atoms with Gasteiger partial charge in [0.05, 0.1) is 18.1 Å². The number of piperidine rings is 1. The Kier molecular flexibility index (Phi) is 5.39. The summed E-state index contributed by atoms with van der Waals surface area (Å²) in [7, 11) is -3.16. The van der Waals surface area contributed by atoms with Gasteiger partial charge in [0.2, 0.25) is 16.0 Å². The van der Waals surface area contributed by atoms with Gasteiger partial charge in [-0.2, -0.15) is 4.31 Å². The summed E-state index contributed by atoms with van der Waals surface area (Å²) in [6, 6.07) is 2.09. The zero-order valence-corrected chi connectivity index (χ0v) is 17.3. The molecule has 0 radical (unpaired) electrons. The maximum absolute atomic E-state index is 11.7. The molecule has 3 aliphatic heterocycles. The number of nitrogens with two attached hydrogens (primary N) is 1. The average molecular weight is 422 g/mol. The van der Waals surface area contributed by atoms with E-state index in [0.29, 0.717) is 25.4 Å². The standard InChI is InChI=1S/C19H27N5O4S/c1-29(26,27)24-8-4-13(5-9-24)16-10-15-11-17(28-18(15)12-21-16)14-2-6-23(7-3-14)19(20)22-25/h4,10,12,14,17,25H,2-3,5-9,11H2,1H3,(H2,20,22). The molecule has 0 aromatic carbocycles. The van der Waals surface area contributed by atoms with E-state index in [4.69, 9.17) is 15.7 Å². The highest BCUT2D eigenvalue weighted by Gasteiger charge is 2.34. The van der Waals surface area contributed by atoms with E-state index in [9.17, 15) is 8.42 Å². The first-order valence-electron chi connectivity index (χ1n) is 9.87. The number of hydrogen-bond donors (Lipinski definition) is 2. The van der Waals surface area contributed by atoms with Gasteiger partial charge in [0, 0.05) is 38.2 Å². The third-order valence-corrected chi connectivity index (χ3v) is 7.38. The highest BCUT2D eigenvalue weighted by atomic mass is 32.2. The predicted molar refractivity (Wildman–Crippen MR) is 109 cm³/mol. The first-order valence-corrected chi connectivity index (χ1v) is 11.7. The van der Waals surface area contributed by atoms with Crippen LogP contribution >= 0.6 is 0 Å². The first-order chi connectivity index (χ1) is 13.8. The van der Waals surface area contributed by atoms with E-state index in [2.05, 4.69) is 16.2 Å². The highest BCUT2D eigenvalue weighted by Crippen LogP contribution is 2.36. The number of rotatable bonds is 3. The van der Waals surface area contributed by atoms with Crippen LogP contribution < -0.4 is 10.5 Å². The molecule has 10 heteroatoms. The van der Waals surface area contributed by atoms with Crippen molar-refractivity contribution in [3.8, 4) is 5.75 Å². The molecule has 0 aliphatic carbocycles. The number of ether oxygens (including phenoxy) is 1. The highest BCUT2D eigenvalue weighted by molar-refractivity contribution is 7.88. The summed E-state index contributed by atoms with van der Waals surface area (Å²) in [6.07, 6.45) is 8.49. The van der Waals surface area contributed by atoms with Crippen molar-refractivity contribution in [2.45, 2.75) is 31.8 Å². The molecule has 158 valence electrons. The number of likely N-dealkylation sites (tertiary alicyclic amines) is 1. The summed E-state index contributed by atoms with van der Waals surface area (Å²) >= 11 is 0. The molecule has 4 rings (SSSR count). The van der Waals surface area contributed by atoms with Crippen molar-refractivity contribution in [3.63, 3.8) is 0 Å². The molecule has 0 amide bonds. The van der Waals surface area contributed by atoms with Gasteiger partial charge in [0.15, 0.2) is 0 Å². The van der Waals surface area contributed by atoms with Crippen LogP contribution in [0.15, 0.2) is 23.5 Å². The second-order valence-electron chi connectivity index (χ2n) is 7.92. The number of oxime groups is 1. The molecule has 4 heterocycles. The van der Waals surface area contributed by atoms with Crippen molar-refractivity contribution in [1.29, 1.82) is 0 Å². The summed E-state index contributed by atoms with van der Waals surface area (Å²) in [4.78, 5) is 6.44. The van der Waals surface area contributed by atoms with Crippen LogP contribution in [-0.2, 0) is 16.4 Å². The van der Waals surface area contributed by atoms with Crippen molar-refractivity contribution in [2.24, 2.45) is 16.8 Å². The molecule has 1 atom stereocenters. The third kappa shape index (κ3) is 4.18. The molecule has 1 unspecified atom stereocenters. The topological polar surface area (TPSA) is 121 Å². The van der Waals surface area contributed by atoms with E-state index in [1.807, 2.05) is 11.0 Å². The number of sulfonamides is 1. The van der Waals surface area contributed by atoms with Gasteiger partial charge in [-0.25, -0.2) is 8.42 Å². The van der Waals surface area contributed by atoms with E-state index in [-0.39, 0.29) is 12.1 Å². The fourth-order valence-corrected chi connectivity index (χ4v) is 5.13. The molecule has 1 fully saturated rings. The van der Waals surface area contributed by atoms with E-state index < -0.39 is 10.0 Å². The number of nitrogens with zero attached hydrogens (tertiary/aromatic N) is 4. The van der Waals surface area contributed by atoms with Crippen molar-refractivity contribution < 1.29 is 18.4 Å². The third-order valence-electron chi connectivity index (χ3n) is 6.11. The zero-order chi connectivity index (χ0) is 20.6. The van der Waals surface area contributed by atoms with Gasteiger partial charge in [-0.15, -0.1) is 0 Å². The van der Waals surface area contributed by atoms with Crippen LogP contribution in [0.3, 0.4) is 0 Å². The van der Waals surface area contributed by atoms with Gasteiger partial charge in [-0.05, 0) is 36.8 Å². The Balaban J connectivity index is 1.40. The van der Waals surface area contributed by atoms with Crippen LogP contribution in [0, 0.1) is 5.92 Å². The monoisotopic (exact) mass is 421 g/mol. The van der Waals surface area contributed by atoms with Gasteiger partial charge in [0.25, 0.3) is 0 Å². The summed E-state index contributed by atoms with van der Waals surface area (Å²) in [6.45, 7) is 2.39. The summed E-state index contributed by atoms with van der Waals surface area (Å²) in [5, 5.41) is 11.9. The SMILES string of the molecule is CS(=O)(=O)N1CC=C(c2cc3c(cn2)OC(C2CCN(C(N)=NO)CC2)C3)CC1. The van der Waals surface area contributed by atoms with Crippen LogP contribution in [-0.4, -0.2) is 72.3 Å². The Labute approximate surface area is 170 Å².